The highest BCUT2D eigenvalue weighted by molar-refractivity contribution is 6.35. The van der Waals surface area contributed by atoms with Crippen LogP contribution in [0.5, 0.6) is 0 Å². The van der Waals surface area contributed by atoms with Crippen molar-refractivity contribution in [3.8, 4) is 0 Å². The monoisotopic (exact) mass is 328 g/mol. The quantitative estimate of drug-likeness (QED) is 0.777. The van der Waals surface area contributed by atoms with E-state index in [1.165, 1.54) is 10.5 Å². The molecule has 2 heterocycles. The summed E-state index contributed by atoms with van der Waals surface area (Å²) in [6.07, 6.45) is 2.12. The molecule has 128 valence electrons. The molecule has 0 aromatic heterocycles. The lowest BCUT2D eigenvalue weighted by Crippen LogP contribution is -2.36. The summed E-state index contributed by atoms with van der Waals surface area (Å²) in [6.45, 7) is 6.38. The van der Waals surface area contributed by atoms with Crippen molar-refractivity contribution in [2.45, 2.75) is 26.7 Å². The second-order valence-corrected chi connectivity index (χ2v) is 6.47. The zero-order valence-electron chi connectivity index (χ0n) is 14.6. The lowest BCUT2D eigenvalue weighted by Gasteiger charge is -2.20. The zero-order valence-corrected chi connectivity index (χ0v) is 14.6. The van der Waals surface area contributed by atoms with Crippen LogP contribution in [0.4, 0.5) is 0 Å². The molecule has 2 aliphatic heterocycles. The van der Waals surface area contributed by atoms with Crippen LogP contribution in [0.25, 0.3) is 5.57 Å². The number of carbonyl (C=O) groups is 2. The molecule has 0 unspecified atom stereocenters. The molecule has 0 saturated carbocycles. The van der Waals surface area contributed by atoms with E-state index in [1.54, 1.807) is 7.11 Å². The third-order valence-corrected chi connectivity index (χ3v) is 4.88. The van der Waals surface area contributed by atoms with Gasteiger partial charge in [-0.05, 0) is 43.4 Å². The van der Waals surface area contributed by atoms with Gasteiger partial charge in [0, 0.05) is 20.2 Å². The number of rotatable bonds is 5. The molecule has 3 rings (SSSR count). The molecular weight excluding hydrogens is 304 g/mol. The van der Waals surface area contributed by atoms with Gasteiger partial charge < -0.3 is 9.64 Å². The van der Waals surface area contributed by atoms with E-state index in [0.717, 1.165) is 37.1 Å². The van der Waals surface area contributed by atoms with Gasteiger partial charge in [-0.1, -0.05) is 18.2 Å². The summed E-state index contributed by atoms with van der Waals surface area (Å²) in [4.78, 5) is 29.2. The maximum absolute atomic E-state index is 13.0. The fraction of sp³-hybridized carbons (Fsp3) is 0.474. The van der Waals surface area contributed by atoms with Crippen molar-refractivity contribution in [3.63, 3.8) is 0 Å². The minimum Gasteiger partial charge on any atom is -0.383 e. The van der Waals surface area contributed by atoms with Crippen molar-refractivity contribution in [1.82, 2.24) is 9.80 Å². The van der Waals surface area contributed by atoms with Crippen LogP contribution in [0.3, 0.4) is 0 Å². The number of hydrogen-bond acceptors (Lipinski definition) is 4. The Balaban J connectivity index is 2.06. The Morgan fingerprint density at radius 3 is 2.38 bits per heavy atom. The number of ether oxygens (including phenoxy) is 1. The van der Waals surface area contributed by atoms with Crippen molar-refractivity contribution < 1.29 is 14.3 Å². The van der Waals surface area contributed by atoms with E-state index in [4.69, 9.17) is 4.74 Å². The fourth-order valence-corrected chi connectivity index (χ4v) is 3.34. The third kappa shape index (κ3) is 2.84. The molecule has 1 aromatic carbocycles. The van der Waals surface area contributed by atoms with Crippen molar-refractivity contribution in [3.05, 3.63) is 40.6 Å². The number of carbonyl (C=O) groups excluding carboxylic acids is 2. The molecule has 0 aliphatic carbocycles. The molecule has 1 saturated heterocycles. The number of methoxy groups -OCH3 is 1. The zero-order chi connectivity index (χ0) is 17.3. The Morgan fingerprint density at radius 1 is 1.04 bits per heavy atom. The van der Waals surface area contributed by atoms with Crippen LogP contribution in [0, 0.1) is 13.8 Å². The van der Waals surface area contributed by atoms with Crippen LogP contribution in [-0.4, -0.2) is 55.0 Å². The Morgan fingerprint density at radius 2 is 1.75 bits per heavy atom. The van der Waals surface area contributed by atoms with Gasteiger partial charge in [0.1, 0.15) is 5.70 Å². The van der Waals surface area contributed by atoms with E-state index in [1.807, 2.05) is 32.0 Å². The molecule has 0 spiro atoms. The summed E-state index contributed by atoms with van der Waals surface area (Å²) < 4.78 is 5.06. The highest BCUT2D eigenvalue weighted by Crippen LogP contribution is 2.33. The Hall–Kier alpha value is -2.14. The molecule has 1 fully saturated rings. The maximum Gasteiger partial charge on any atom is 0.277 e. The standard InChI is InChI=1S/C19H24N2O3/c1-13-6-7-15(12-14(13)2)16-17(20-8-4-5-9-20)19(23)21(18(16)22)10-11-24-3/h6-7,12H,4-5,8-11H2,1-3H3. The molecule has 0 radical (unpaired) electrons. The Kier molecular flexibility index (Phi) is 4.71. The summed E-state index contributed by atoms with van der Waals surface area (Å²) in [5.74, 6) is -0.394. The average Bonchev–Trinajstić information content (AvgIpc) is 3.16. The molecule has 5 heteroatoms. The van der Waals surface area contributed by atoms with Crippen LogP contribution in [0.1, 0.15) is 29.5 Å². The van der Waals surface area contributed by atoms with Gasteiger partial charge in [-0.15, -0.1) is 0 Å². The molecule has 0 N–H and O–H groups in total. The molecule has 0 atom stereocenters. The lowest BCUT2D eigenvalue weighted by atomic mass is 9.99. The van der Waals surface area contributed by atoms with Crippen LogP contribution in [0.15, 0.2) is 23.9 Å². The number of benzene rings is 1. The van der Waals surface area contributed by atoms with Crippen molar-refractivity contribution in [1.29, 1.82) is 0 Å². The minimum atomic E-state index is -0.206. The first-order valence-electron chi connectivity index (χ1n) is 8.46. The number of imide groups is 1. The Bertz CT molecular complexity index is 703. The van der Waals surface area contributed by atoms with Gasteiger partial charge in [0.2, 0.25) is 0 Å². The first kappa shape index (κ1) is 16.7. The summed E-state index contributed by atoms with van der Waals surface area (Å²) in [5.41, 5.74) is 4.24. The van der Waals surface area contributed by atoms with Crippen LogP contribution < -0.4 is 0 Å². The van der Waals surface area contributed by atoms with Crippen LogP contribution >= 0.6 is 0 Å². The Labute approximate surface area is 142 Å². The summed E-state index contributed by atoms with van der Waals surface area (Å²) in [5, 5.41) is 0. The van der Waals surface area contributed by atoms with E-state index >= 15 is 0 Å². The van der Waals surface area contributed by atoms with Crippen LogP contribution in [-0.2, 0) is 14.3 Å². The number of amides is 2. The molecule has 1 aromatic rings. The topological polar surface area (TPSA) is 49.9 Å². The largest absolute Gasteiger partial charge is 0.383 e. The lowest BCUT2D eigenvalue weighted by molar-refractivity contribution is -0.138. The second kappa shape index (κ2) is 6.77. The molecule has 0 bridgehead atoms. The average molecular weight is 328 g/mol. The van der Waals surface area contributed by atoms with Crippen LogP contribution in [0.2, 0.25) is 0 Å². The summed E-state index contributed by atoms with van der Waals surface area (Å²) in [6, 6.07) is 5.96. The van der Waals surface area contributed by atoms with E-state index in [0.29, 0.717) is 24.4 Å². The summed E-state index contributed by atoms with van der Waals surface area (Å²) in [7, 11) is 1.57. The molecule has 2 amide bonds. The third-order valence-electron chi connectivity index (χ3n) is 4.88. The first-order chi connectivity index (χ1) is 11.5. The predicted molar refractivity (Wildman–Crippen MR) is 92.2 cm³/mol. The van der Waals surface area contributed by atoms with E-state index in [-0.39, 0.29) is 11.8 Å². The molecule has 2 aliphatic rings. The van der Waals surface area contributed by atoms with Gasteiger partial charge in [-0.3, -0.25) is 14.5 Å². The number of hydrogen-bond donors (Lipinski definition) is 0. The van der Waals surface area contributed by atoms with E-state index < -0.39 is 0 Å². The highest BCUT2D eigenvalue weighted by Gasteiger charge is 2.41. The highest BCUT2D eigenvalue weighted by atomic mass is 16.5. The van der Waals surface area contributed by atoms with Crippen molar-refractivity contribution in [2.75, 3.05) is 33.4 Å². The first-order valence-corrected chi connectivity index (χ1v) is 8.46. The van der Waals surface area contributed by atoms with E-state index in [2.05, 4.69) is 4.90 Å². The van der Waals surface area contributed by atoms with Crippen molar-refractivity contribution in [2.24, 2.45) is 0 Å². The van der Waals surface area contributed by atoms with Gasteiger partial charge in [0.05, 0.1) is 18.7 Å². The SMILES string of the molecule is COCCN1C(=O)C(c2ccc(C)c(C)c2)=C(N2CCCC2)C1=O. The normalized spacial score (nSPS) is 18.3. The van der Waals surface area contributed by atoms with Gasteiger partial charge in [0.25, 0.3) is 11.8 Å². The predicted octanol–water partition coefficient (Wildman–Crippen LogP) is 2.13. The molecule has 5 nitrogen and oxygen atoms in total. The number of aryl methyl sites for hydroxylation is 2. The van der Waals surface area contributed by atoms with Gasteiger partial charge in [-0.2, -0.15) is 0 Å². The van der Waals surface area contributed by atoms with Gasteiger partial charge in [-0.25, -0.2) is 0 Å². The smallest absolute Gasteiger partial charge is 0.277 e. The maximum atomic E-state index is 13.0. The second-order valence-electron chi connectivity index (χ2n) is 6.47. The number of nitrogens with zero attached hydrogens (tertiary/aromatic N) is 2. The van der Waals surface area contributed by atoms with Gasteiger partial charge in [0.15, 0.2) is 0 Å². The summed E-state index contributed by atoms with van der Waals surface area (Å²) >= 11 is 0. The molecular formula is C19H24N2O3. The molecule has 24 heavy (non-hydrogen) atoms. The van der Waals surface area contributed by atoms with E-state index in [9.17, 15) is 9.59 Å². The fourth-order valence-electron chi connectivity index (χ4n) is 3.34. The van der Waals surface area contributed by atoms with Crippen molar-refractivity contribution >= 4 is 17.4 Å². The minimum absolute atomic E-state index is 0.188. The van der Waals surface area contributed by atoms with Gasteiger partial charge >= 0.3 is 0 Å². The number of likely N-dealkylation sites (tertiary alicyclic amines) is 1.